The van der Waals surface area contributed by atoms with Crippen molar-refractivity contribution < 1.29 is 18.9 Å². The zero-order valence-electron chi connectivity index (χ0n) is 79.0. The molecule has 0 saturated heterocycles. The highest BCUT2D eigenvalue weighted by Gasteiger charge is 2.15. The number of benzene rings is 4. The summed E-state index contributed by atoms with van der Waals surface area (Å²) in [5.41, 5.74) is 10.9. The van der Waals surface area contributed by atoms with Gasteiger partial charge in [0, 0.05) is 46.8 Å². The van der Waals surface area contributed by atoms with Gasteiger partial charge >= 0.3 is 0 Å². The van der Waals surface area contributed by atoms with Gasteiger partial charge in [0.25, 0.3) is 0 Å². The van der Waals surface area contributed by atoms with Gasteiger partial charge in [0.05, 0.1) is 54.5 Å². The van der Waals surface area contributed by atoms with Gasteiger partial charge in [0.2, 0.25) is 0 Å². The van der Waals surface area contributed by atoms with Crippen LogP contribution in [0.4, 0.5) is 0 Å². The number of hydrogen-bond acceptors (Lipinski definition) is 6. The Morgan fingerprint density at radius 2 is 0.418 bits per heavy atom. The summed E-state index contributed by atoms with van der Waals surface area (Å²) in [5.74, 6) is 30.4. The number of aryl methyl sites for hydroxylation is 1. The van der Waals surface area contributed by atoms with Crippen molar-refractivity contribution in [3.05, 3.63) is 154 Å². The lowest BCUT2D eigenvalue weighted by molar-refractivity contribution is 0.294. The molecule has 0 aliphatic heterocycles. The van der Waals surface area contributed by atoms with E-state index in [0.717, 1.165) is 129 Å². The Morgan fingerprint density at radius 1 is 0.213 bits per heavy atom. The normalized spacial score (nSPS) is 11.0. The van der Waals surface area contributed by atoms with Crippen molar-refractivity contribution >= 4 is 0 Å². The third-order valence-electron chi connectivity index (χ3n) is 24.6. The average Bonchev–Trinajstić information content (AvgIpc) is 0.840. The summed E-state index contributed by atoms with van der Waals surface area (Å²) in [6, 6.07) is 33.5. The number of ether oxygens (including phenoxy) is 4. The Balaban J connectivity index is 1.12. The van der Waals surface area contributed by atoms with Crippen LogP contribution < -0.4 is 18.9 Å². The molecule has 6 aromatic rings. The van der Waals surface area contributed by atoms with Crippen molar-refractivity contribution in [1.82, 2.24) is 9.97 Å². The maximum absolute atomic E-state index is 6.79. The second kappa shape index (κ2) is 72.9. The lowest BCUT2D eigenvalue weighted by Gasteiger charge is -2.14. The monoisotopic (exact) mass is 1660 g/mol. The Morgan fingerprint density at radius 3 is 0.656 bits per heavy atom. The van der Waals surface area contributed by atoms with Gasteiger partial charge in [-0.2, -0.15) is 0 Å². The molecule has 0 aliphatic carbocycles. The summed E-state index contributed by atoms with van der Waals surface area (Å²) in [5, 5.41) is 0. The Bertz CT molecular complexity index is 3800. The molecule has 0 N–H and O–H groups in total. The van der Waals surface area contributed by atoms with Gasteiger partial charge in [-0.05, 0) is 117 Å². The number of aromatic nitrogens is 2. The van der Waals surface area contributed by atoms with Crippen molar-refractivity contribution in [2.75, 3.05) is 26.4 Å². The van der Waals surface area contributed by atoms with Crippen molar-refractivity contribution in [2.24, 2.45) is 0 Å². The van der Waals surface area contributed by atoms with Gasteiger partial charge in [-0.3, -0.25) is 9.97 Å². The Kier molecular flexibility index (Phi) is 61.8. The summed E-state index contributed by atoms with van der Waals surface area (Å²) in [4.78, 5) is 9.85. The van der Waals surface area contributed by atoms with E-state index in [-0.39, 0.29) is 0 Å². The quantitative estimate of drug-likeness (QED) is 0.0280. The van der Waals surface area contributed by atoms with Crippen LogP contribution in [0.3, 0.4) is 0 Å². The molecule has 0 atom stereocenters. The van der Waals surface area contributed by atoms with Crippen LogP contribution in [0.5, 0.6) is 23.0 Å². The maximum atomic E-state index is 6.79. The van der Waals surface area contributed by atoms with E-state index in [0.29, 0.717) is 26.4 Å². The van der Waals surface area contributed by atoms with Crippen LogP contribution in [0.15, 0.2) is 109 Å². The first kappa shape index (κ1) is 103. The molecule has 6 nitrogen and oxygen atoms in total. The highest BCUT2D eigenvalue weighted by molar-refractivity contribution is 5.67. The van der Waals surface area contributed by atoms with Crippen molar-refractivity contribution in [2.45, 2.75) is 452 Å². The molecule has 6 rings (SSSR count). The maximum Gasteiger partial charge on any atom is 0.136 e. The summed E-state index contributed by atoms with van der Waals surface area (Å²) >= 11 is 0. The fourth-order valence-electron chi connectivity index (χ4n) is 16.7. The van der Waals surface area contributed by atoms with Crippen LogP contribution in [0, 0.1) is 54.3 Å². The molecule has 0 radical (unpaired) electrons. The van der Waals surface area contributed by atoms with Crippen LogP contribution in [-0.4, -0.2) is 36.4 Å². The SMILES string of the molecule is CC#Cc1ccc(-c2ccc(C#Cc3cc(OCCCCCCCCCCCCCCCCCC)c(C#Cc4ccc(-c5ccc(C#Cc6cc(OCCCCCCCCCCCCCCCCCC)c(C)cc6OCCCCCCCCCCCCCCCCCC)cn5)nc4)cc3OCCCCCCCCCCCCCCCCCC)cc2)cc1. The molecule has 0 saturated carbocycles. The molecule has 6 heteroatoms. The van der Waals surface area contributed by atoms with Gasteiger partial charge < -0.3 is 18.9 Å². The molecule has 0 unspecified atom stereocenters. The average molecular weight is 1660 g/mol. The second-order valence-corrected chi connectivity index (χ2v) is 35.7. The summed E-state index contributed by atoms with van der Waals surface area (Å²) in [6.45, 7) is 15.8. The predicted molar refractivity (Wildman–Crippen MR) is 528 cm³/mol. The van der Waals surface area contributed by atoms with E-state index in [2.05, 4.69) is 155 Å². The Hall–Kier alpha value is -7.38. The van der Waals surface area contributed by atoms with Crippen molar-refractivity contribution in [1.29, 1.82) is 0 Å². The van der Waals surface area contributed by atoms with Crippen LogP contribution in [0.2, 0.25) is 0 Å². The molecule has 0 aliphatic rings. The highest BCUT2D eigenvalue weighted by Crippen LogP contribution is 2.33. The van der Waals surface area contributed by atoms with E-state index in [1.54, 1.807) is 0 Å². The molecule has 2 aromatic heterocycles. The summed E-state index contributed by atoms with van der Waals surface area (Å²) < 4.78 is 26.7. The molecular formula is C116H172N2O4. The molecule has 4 aromatic carbocycles. The highest BCUT2D eigenvalue weighted by atomic mass is 16.5. The molecule has 670 valence electrons. The van der Waals surface area contributed by atoms with Gasteiger partial charge in [-0.1, -0.05) is 479 Å². The number of hydrogen-bond donors (Lipinski definition) is 0. The molecule has 0 fully saturated rings. The summed E-state index contributed by atoms with van der Waals surface area (Å²) in [6.07, 6.45) is 89.4. The van der Waals surface area contributed by atoms with Crippen molar-refractivity contribution in [3.8, 4) is 92.9 Å². The second-order valence-electron chi connectivity index (χ2n) is 35.7. The van der Waals surface area contributed by atoms with Gasteiger partial charge in [0.1, 0.15) is 23.0 Å². The number of pyridine rings is 2. The van der Waals surface area contributed by atoms with Gasteiger partial charge in [-0.15, -0.1) is 5.92 Å². The molecule has 0 amide bonds. The minimum atomic E-state index is 0.608. The zero-order valence-corrected chi connectivity index (χ0v) is 79.0. The first-order chi connectivity index (χ1) is 60.4. The lowest BCUT2D eigenvalue weighted by atomic mass is 10.0. The number of rotatable bonds is 74. The molecular weight excluding hydrogens is 1490 g/mol. The van der Waals surface area contributed by atoms with Gasteiger partial charge in [-0.25, -0.2) is 0 Å². The van der Waals surface area contributed by atoms with Crippen molar-refractivity contribution in [3.63, 3.8) is 0 Å². The first-order valence-electron chi connectivity index (χ1n) is 51.4. The summed E-state index contributed by atoms with van der Waals surface area (Å²) in [7, 11) is 0. The number of nitrogens with zero attached hydrogens (tertiary/aromatic N) is 2. The first-order valence-corrected chi connectivity index (χ1v) is 51.4. The predicted octanol–water partition coefficient (Wildman–Crippen LogP) is 35.3. The third kappa shape index (κ3) is 50.5. The van der Waals surface area contributed by atoms with Crippen LogP contribution in [0.1, 0.15) is 490 Å². The minimum absolute atomic E-state index is 0.608. The largest absolute Gasteiger partial charge is 0.493 e. The van der Waals surface area contributed by atoms with E-state index < -0.39 is 0 Å². The van der Waals surface area contributed by atoms with Crippen LogP contribution >= 0.6 is 0 Å². The fraction of sp³-hybridized carbons (Fsp3) is 0.638. The van der Waals surface area contributed by atoms with E-state index in [4.69, 9.17) is 28.9 Å². The smallest absolute Gasteiger partial charge is 0.136 e. The topological polar surface area (TPSA) is 62.7 Å². The Labute approximate surface area is 750 Å². The number of unbranched alkanes of at least 4 members (excludes halogenated alkanes) is 60. The molecule has 122 heavy (non-hydrogen) atoms. The minimum Gasteiger partial charge on any atom is -0.493 e. The fourth-order valence-corrected chi connectivity index (χ4v) is 16.7. The van der Waals surface area contributed by atoms with Crippen LogP contribution in [-0.2, 0) is 0 Å². The molecule has 2 heterocycles. The third-order valence-corrected chi connectivity index (χ3v) is 24.6. The molecule has 0 spiro atoms. The van der Waals surface area contributed by atoms with Gasteiger partial charge in [0.15, 0.2) is 0 Å². The zero-order chi connectivity index (χ0) is 85.9. The molecule has 0 bridgehead atoms. The van der Waals surface area contributed by atoms with E-state index in [1.165, 1.54) is 372 Å². The van der Waals surface area contributed by atoms with Crippen LogP contribution in [0.25, 0.3) is 22.5 Å². The van der Waals surface area contributed by atoms with E-state index in [1.807, 2.05) is 43.6 Å². The van der Waals surface area contributed by atoms with E-state index in [9.17, 15) is 0 Å². The lowest BCUT2D eigenvalue weighted by Crippen LogP contribution is -2.03. The standard InChI is InChI=1S/C116H172N2O4/c1-7-12-16-20-24-28-32-36-40-44-48-52-56-60-64-68-91-119-113-96-108(114(95-101(113)6)120-92-69-65-61-57-53-49-45-41-37-33-29-25-21-17-13-8-2)87-78-104-80-89-111(117-99-104)112-90-81-105(100-118-112)79-88-110-98-115(121-93-70-66-62-58-54-50-46-42-38-34-30-26-22-18-14-9-3)109(86-77-103-75-84-107(85-76-103)106-82-73-102(72-11-5)74-83-106)97-116(110)122-94-71-67-63-59-55-51-47-43-39-35-31-27-23-19-15-10-4/h73-76,80-85,89-90,95-100H,7-10,12-71,91-94H2,1-6H3. The van der Waals surface area contributed by atoms with E-state index >= 15 is 0 Å².